The zero-order valence-corrected chi connectivity index (χ0v) is 20.4. The van der Waals surface area contributed by atoms with E-state index in [1.807, 2.05) is 30.1 Å². The van der Waals surface area contributed by atoms with Crippen LogP contribution in [0, 0.1) is 0 Å². The van der Waals surface area contributed by atoms with Crippen molar-refractivity contribution in [1.29, 1.82) is 0 Å². The van der Waals surface area contributed by atoms with Gasteiger partial charge in [0.15, 0.2) is 11.4 Å². The SMILES string of the molecule is CN(CCN1CCN(c2ccc(OC3CNC3)cc2)CC1)c1nc(N)n2nc(-c3ccco3)cc2n1. The molecule has 2 aliphatic heterocycles. The molecule has 0 aliphatic carbocycles. The van der Waals surface area contributed by atoms with Gasteiger partial charge in [0.05, 0.1) is 6.26 Å². The highest BCUT2D eigenvalue weighted by Gasteiger charge is 2.20. The third-order valence-corrected chi connectivity index (χ3v) is 6.82. The first kappa shape index (κ1) is 22.6. The van der Waals surface area contributed by atoms with Crippen molar-refractivity contribution in [1.82, 2.24) is 29.8 Å². The lowest BCUT2D eigenvalue weighted by Crippen LogP contribution is -2.50. The number of likely N-dealkylation sites (N-methyl/N-ethyl adjacent to an activating group) is 1. The third-order valence-electron chi connectivity index (χ3n) is 6.82. The first-order chi connectivity index (χ1) is 17.6. The molecule has 11 nitrogen and oxygen atoms in total. The topological polar surface area (TPSA) is 113 Å². The lowest BCUT2D eigenvalue weighted by atomic mass is 10.2. The predicted molar refractivity (Wildman–Crippen MR) is 139 cm³/mol. The van der Waals surface area contributed by atoms with Gasteiger partial charge in [-0.1, -0.05) is 0 Å². The van der Waals surface area contributed by atoms with E-state index in [0.717, 1.165) is 58.1 Å². The molecule has 4 aromatic rings. The molecule has 0 atom stereocenters. The molecule has 0 amide bonds. The van der Waals surface area contributed by atoms with Crippen molar-refractivity contribution < 1.29 is 9.15 Å². The molecule has 2 aliphatic rings. The number of hydrogen-bond acceptors (Lipinski definition) is 10. The summed E-state index contributed by atoms with van der Waals surface area (Å²) in [6, 6.07) is 14.0. The summed E-state index contributed by atoms with van der Waals surface area (Å²) in [5, 5.41) is 7.69. The molecule has 1 aromatic carbocycles. The molecule has 3 N–H and O–H groups in total. The Morgan fingerprint density at radius 3 is 2.61 bits per heavy atom. The smallest absolute Gasteiger partial charge is 0.230 e. The van der Waals surface area contributed by atoms with Crippen molar-refractivity contribution >= 4 is 23.2 Å². The summed E-state index contributed by atoms with van der Waals surface area (Å²) in [5.41, 5.74) is 8.75. The molecule has 188 valence electrons. The molecule has 3 aromatic heterocycles. The van der Waals surface area contributed by atoms with Gasteiger partial charge in [0.25, 0.3) is 0 Å². The van der Waals surface area contributed by atoms with E-state index in [-0.39, 0.29) is 0 Å². The van der Waals surface area contributed by atoms with E-state index in [1.54, 1.807) is 6.26 Å². The zero-order chi connectivity index (χ0) is 24.5. The van der Waals surface area contributed by atoms with Crippen molar-refractivity contribution in [3.8, 4) is 17.2 Å². The molecule has 2 fully saturated rings. The number of aromatic nitrogens is 4. The number of nitrogens with two attached hydrogens (primary N) is 1. The third kappa shape index (κ3) is 4.67. The number of anilines is 3. The van der Waals surface area contributed by atoms with Crippen LogP contribution in [-0.4, -0.2) is 90.0 Å². The number of ether oxygens (including phenoxy) is 1. The van der Waals surface area contributed by atoms with Crippen LogP contribution < -0.4 is 25.6 Å². The van der Waals surface area contributed by atoms with Crippen LogP contribution in [0.1, 0.15) is 0 Å². The lowest BCUT2D eigenvalue weighted by molar-refractivity contribution is 0.142. The average Bonchev–Trinajstić information content (AvgIpc) is 3.56. The van der Waals surface area contributed by atoms with Crippen molar-refractivity contribution in [2.45, 2.75) is 6.10 Å². The van der Waals surface area contributed by atoms with Gasteiger partial charge in [-0.2, -0.15) is 19.6 Å². The Balaban J connectivity index is 1.02. The number of benzene rings is 1. The Bertz CT molecular complexity index is 1290. The van der Waals surface area contributed by atoms with E-state index >= 15 is 0 Å². The second kappa shape index (κ2) is 9.67. The van der Waals surface area contributed by atoms with Gasteiger partial charge < -0.3 is 30.0 Å². The van der Waals surface area contributed by atoms with Crippen molar-refractivity contribution in [2.24, 2.45) is 0 Å². The Hall–Kier alpha value is -3.83. The second-order valence-electron chi connectivity index (χ2n) is 9.30. The minimum atomic E-state index is 0.300. The number of piperazine rings is 1. The van der Waals surface area contributed by atoms with Crippen LogP contribution in [0.15, 0.2) is 53.1 Å². The predicted octanol–water partition coefficient (Wildman–Crippen LogP) is 1.58. The summed E-state index contributed by atoms with van der Waals surface area (Å²) in [4.78, 5) is 16.1. The Labute approximate surface area is 209 Å². The molecule has 0 bridgehead atoms. The van der Waals surface area contributed by atoms with Crippen LogP contribution in [0.25, 0.3) is 17.1 Å². The monoisotopic (exact) mass is 489 g/mol. The fourth-order valence-corrected chi connectivity index (χ4v) is 4.51. The van der Waals surface area contributed by atoms with Crippen LogP contribution in [0.3, 0.4) is 0 Å². The van der Waals surface area contributed by atoms with Crippen LogP contribution >= 0.6 is 0 Å². The largest absolute Gasteiger partial charge is 0.488 e. The maximum atomic E-state index is 6.18. The van der Waals surface area contributed by atoms with Gasteiger partial charge in [-0.3, -0.25) is 4.90 Å². The molecular weight excluding hydrogens is 458 g/mol. The molecule has 6 rings (SSSR count). The number of nitrogens with one attached hydrogen (secondary N) is 1. The molecule has 36 heavy (non-hydrogen) atoms. The van der Waals surface area contributed by atoms with Gasteiger partial charge in [0.2, 0.25) is 11.9 Å². The van der Waals surface area contributed by atoms with E-state index in [2.05, 4.69) is 54.4 Å². The average molecular weight is 490 g/mol. The highest BCUT2D eigenvalue weighted by atomic mass is 16.5. The van der Waals surface area contributed by atoms with E-state index < -0.39 is 0 Å². The van der Waals surface area contributed by atoms with Crippen LogP contribution in [-0.2, 0) is 0 Å². The Morgan fingerprint density at radius 2 is 1.92 bits per heavy atom. The van der Waals surface area contributed by atoms with Crippen LogP contribution in [0.4, 0.5) is 17.6 Å². The Kier molecular flexibility index (Phi) is 6.08. The number of nitrogen functional groups attached to an aromatic ring is 1. The van der Waals surface area contributed by atoms with E-state index in [4.69, 9.17) is 14.9 Å². The fourth-order valence-electron chi connectivity index (χ4n) is 4.51. The maximum Gasteiger partial charge on any atom is 0.230 e. The van der Waals surface area contributed by atoms with Crippen LogP contribution in [0.2, 0.25) is 0 Å². The number of nitrogens with zero attached hydrogens (tertiary/aromatic N) is 7. The molecule has 2 saturated heterocycles. The zero-order valence-electron chi connectivity index (χ0n) is 20.4. The number of fused-ring (bicyclic) bond motifs is 1. The second-order valence-corrected chi connectivity index (χ2v) is 9.30. The van der Waals surface area contributed by atoms with Crippen LogP contribution in [0.5, 0.6) is 5.75 Å². The first-order valence-corrected chi connectivity index (χ1v) is 12.4. The van der Waals surface area contributed by atoms with Gasteiger partial charge in [0.1, 0.15) is 17.5 Å². The van der Waals surface area contributed by atoms with E-state index in [0.29, 0.717) is 35.1 Å². The summed E-state index contributed by atoms with van der Waals surface area (Å²) in [6.45, 7) is 7.62. The van der Waals surface area contributed by atoms with Gasteiger partial charge in [-0.25, -0.2) is 0 Å². The molecule has 11 heteroatoms. The first-order valence-electron chi connectivity index (χ1n) is 12.4. The number of furan rings is 1. The molecule has 0 radical (unpaired) electrons. The van der Waals surface area contributed by atoms with Crippen molar-refractivity contribution in [3.05, 3.63) is 48.7 Å². The normalized spacial score (nSPS) is 16.9. The molecule has 5 heterocycles. The van der Waals surface area contributed by atoms with E-state index in [1.165, 1.54) is 10.2 Å². The molecule has 0 saturated carbocycles. The minimum Gasteiger partial charge on any atom is -0.488 e. The minimum absolute atomic E-state index is 0.300. The number of rotatable bonds is 8. The highest BCUT2D eigenvalue weighted by Crippen LogP contribution is 2.23. The Morgan fingerprint density at radius 1 is 1.11 bits per heavy atom. The highest BCUT2D eigenvalue weighted by molar-refractivity contribution is 5.61. The van der Waals surface area contributed by atoms with Gasteiger partial charge in [-0.15, -0.1) is 0 Å². The standard InChI is InChI=1S/C25H31N9O2/c1-31(25-28-23-15-21(22-3-2-14-35-22)30-34(23)24(26)29-25)8-9-32-10-12-33(13-11-32)18-4-6-19(7-5-18)36-20-16-27-17-20/h2-7,14-15,20,27H,8-13,16-17H2,1H3,(H2,26,28,29). The quantitative estimate of drug-likeness (QED) is 0.378. The van der Waals surface area contributed by atoms with Gasteiger partial charge in [0, 0.05) is 71.2 Å². The van der Waals surface area contributed by atoms with Crippen molar-refractivity contribution in [2.75, 3.05) is 74.9 Å². The molecule has 0 spiro atoms. The summed E-state index contributed by atoms with van der Waals surface area (Å²) in [6.07, 6.45) is 1.92. The fraction of sp³-hybridized carbons (Fsp3) is 0.400. The summed E-state index contributed by atoms with van der Waals surface area (Å²) in [5.74, 6) is 2.50. The summed E-state index contributed by atoms with van der Waals surface area (Å²) >= 11 is 0. The van der Waals surface area contributed by atoms with Gasteiger partial charge >= 0.3 is 0 Å². The lowest BCUT2D eigenvalue weighted by Gasteiger charge is -2.36. The molecule has 0 unspecified atom stereocenters. The number of hydrogen-bond donors (Lipinski definition) is 2. The maximum absolute atomic E-state index is 6.18. The van der Waals surface area contributed by atoms with Crippen molar-refractivity contribution in [3.63, 3.8) is 0 Å². The summed E-state index contributed by atoms with van der Waals surface area (Å²) in [7, 11) is 1.99. The van der Waals surface area contributed by atoms with Gasteiger partial charge in [-0.05, 0) is 36.4 Å². The van der Waals surface area contributed by atoms with E-state index in [9.17, 15) is 0 Å². The molecular formula is C25H31N9O2. The summed E-state index contributed by atoms with van der Waals surface area (Å²) < 4.78 is 12.9.